The van der Waals surface area contributed by atoms with E-state index >= 15 is 0 Å². The number of rotatable bonds is 3. The van der Waals surface area contributed by atoms with Crippen molar-refractivity contribution >= 4 is 29.4 Å². The molecule has 0 spiro atoms. The van der Waals surface area contributed by atoms with Gasteiger partial charge < -0.3 is 10.2 Å². The molecule has 4 heterocycles. The minimum atomic E-state index is -0.00476. The fourth-order valence-corrected chi connectivity index (χ4v) is 4.15. The number of amides is 2. The average Bonchev–Trinajstić information content (AvgIpc) is 3.41. The van der Waals surface area contributed by atoms with E-state index in [1.54, 1.807) is 23.1 Å². The first-order chi connectivity index (χ1) is 13.7. The van der Waals surface area contributed by atoms with Crippen molar-refractivity contribution in [3.8, 4) is 0 Å². The van der Waals surface area contributed by atoms with Crippen molar-refractivity contribution in [3.63, 3.8) is 0 Å². The van der Waals surface area contributed by atoms with Crippen molar-refractivity contribution in [1.29, 1.82) is 0 Å². The summed E-state index contributed by atoms with van der Waals surface area (Å²) in [5, 5.41) is 14.5. The van der Waals surface area contributed by atoms with Gasteiger partial charge in [-0.05, 0) is 47.2 Å². The fraction of sp³-hybridized carbons (Fsp3) is 0.429. The fourth-order valence-electron chi connectivity index (χ4n) is 4.15. The number of hydrogen-bond donors (Lipinski definition) is 1. The first-order valence-electron chi connectivity index (χ1n) is 9.35. The summed E-state index contributed by atoms with van der Waals surface area (Å²) in [7, 11) is 0. The van der Waals surface area contributed by atoms with Gasteiger partial charge in [-0.25, -0.2) is 4.98 Å². The van der Waals surface area contributed by atoms with Crippen LogP contribution in [0.2, 0.25) is 0 Å². The lowest BCUT2D eigenvalue weighted by Crippen LogP contribution is -2.27. The third-order valence-electron chi connectivity index (χ3n) is 5.57. The first-order valence-corrected chi connectivity index (χ1v) is 9.35. The van der Waals surface area contributed by atoms with Gasteiger partial charge in [-0.1, -0.05) is 20.9 Å². The van der Waals surface area contributed by atoms with Crippen LogP contribution in [0.15, 0.2) is 30.7 Å². The van der Waals surface area contributed by atoms with Gasteiger partial charge in [-0.2, -0.15) is 0 Å². The minimum absolute atomic E-state index is 0. The molecule has 0 saturated carbocycles. The predicted octanol–water partition coefficient (Wildman–Crippen LogP) is 2.26. The Kier molecular flexibility index (Phi) is 6.09. The molecule has 2 aliphatic heterocycles. The zero-order valence-electron chi connectivity index (χ0n) is 15.2. The van der Waals surface area contributed by atoms with Crippen molar-refractivity contribution in [2.24, 2.45) is 11.8 Å². The van der Waals surface area contributed by atoms with Gasteiger partial charge in [0.2, 0.25) is 11.8 Å². The normalized spacial score (nSPS) is 21.9. The van der Waals surface area contributed by atoms with E-state index in [1.165, 1.54) is 6.33 Å². The highest BCUT2D eigenvalue weighted by atomic mass is 16.2. The SMILES string of the molecule is C.C.O=C1CCc2cc(/C=C/C(=O)N3C[C@@H]4CC(n5ncnn5)=C[C@@H]4C3)cnc2N1. The Bertz CT molecular complexity index is 997. The molecular weight excluding hydrogens is 382 g/mol. The van der Waals surface area contributed by atoms with Crippen molar-refractivity contribution < 1.29 is 9.59 Å². The molecule has 30 heavy (non-hydrogen) atoms. The number of aryl methyl sites for hydroxylation is 1. The molecule has 1 aliphatic carbocycles. The number of carbonyl (C=O) groups is 2. The molecule has 2 amide bonds. The van der Waals surface area contributed by atoms with Gasteiger partial charge >= 0.3 is 0 Å². The lowest BCUT2D eigenvalue weighted by Gasteiger charge is -2.16. The number of carbonyl (C=O) groups excluding carboxylic acids is 2. The van der Waals surface area contributed by atoms with E-state index in [4.69, 9.17) is 0 Å². The Morgan fingerprint density at radius 1 is 1.23 bits per heavy atom. The zero-order chi connectivity index (χ0) is 19.1. The van der Waals surface area contributed by atoms with Crippen LogP contribution in [0.4, 0.5) is 5.82 Å². The Morgan fingerprint density at radius 3 is 2.87 bits per heavy atom. The lowest BCUT2D eigenvalue weighted by atomic mass is 10.0. The molecule has 9 heteroatoms. The molecule has 1 saturated heterocycles. The molecule has 1 fully saturated rings. The summed E-state index contributed by atoms with van der Waals surface area (Å²) >= 11 is 0. The van der Waals surface area contributed by atoms with Gasteiger partial charge in [-0.15, -0.1) is 15.0 Å². The van der Waals surface area contributed by atoms with Crippen LogP contribution in [-0.4, -0.2) is 55.0 Å². The van der Waals surface area contributed by atoms with Gasteiger partial charge in [0.25, 0.3) is 0 Å². The van der Waals surface area contributed by atoms with Crippen molar-refractivity contribution in [1.82, 2.24) is 30.1 Å². The van der Waals surface area contributed by atoms with Crippen LogP contribution < -0.4 is 5.32 Å². The van der Waals surface area contributed by atoms with E-state index in [1.807, 2.05) is 11.0 Å². The van der Waals surface area contributed by atoms with E-state index in [0.717, 1.165) is 29.8 Å². The highest BCUT2D eigenvalue weighted by Gasteiger charge is 2.38. The molecule has 2 atom stereocenters. The number of nitrogens with zero attached hydrogens (tertiary/aromatic N) is 6. The molecule has 0 radical (unpaired) electrons. The van der Waals surface area contributed by atoms with Crippen LogP contribution in [0.3, 0.4) is 0 Å². The highest BCUT2D eigenvalue weighted by molar-refractivity contribution is 5.94. The molecule has 2 aromatic rings. The number of nitrogens with one attached hydrogen (secondary N) is 1. The predicted molar refractivity (Wildman–Crippen MR) is 114 cm³/mol. The topological polar surface area (TPSA) is 106 Å². The second-order valence-corrected chi connectivity index (χ2v) is 7.41. The maximum absolute atomic E-state index is 12.6. The molecule has 0 bridgehead atoms. The Hall–Kier alpha value is -3.36. The highest BCUT2D eigenvalue weighted by Crippen LogP contribution is 2.38. The summed E-state index contributed by atoms with van der Waals surface area (Å²) in [5.41, 5.74) is 2.92. The van der Waals surface area contributed by atoms with Crippen LogP contribution in [0.5, 0.6) is 0 Å². The van der Waals surface area contributed by atoms with Crippen molar-refractivity contribution in [2.75, 3.05) is 18.4 Å². The van der Waals surface area contributed by atoms with Gasteiger partial charge in [-0.3, -0.25) is 9.59 Å². The molecule has 158 valence electrons. The Balaban J connectivity index is 0.00000128. The summed E-state index contributed by atoms with van der Waals surface area (Å²) in [6.07, 6.45) is 10.7. The number of aromatic nitrogens is 5. The van der Waals surface area contributed by atoms with Crippen LogP contribution in [-0.2, 0) is 16.0 Å². The van der Waals surface area contributed by atoms with Gasteiger partial charge in [0, 0.05) is 37.7 Å². The molecule has 0 aromatic carbocycles. The number of allylic oxidation sites excluding steroid dienone is 1. The van der Waals surface area contributed by atoms with Crippen LogP contribution in [0.1, 0.15) is 38.8 Å². The van der Waals surface area contributed by atoms with E-state index in [9.17, 15) is 9.59 Å². The molecule has 5 rings (SSSR count). The molecule has 1 N–H and O–H groups in total. The second-order valence-electron chi connectivity index (χ2n) is 7.41. The Labute approximate surface area is 175 Å². The molecular formula is C21H27N7O2. The third kappa shape index (κ3) is 4.00. The maximum Gasteiger partial charge on any atom is 0.246 e. The van der Waals surface area contributed by atoms with Crippen molar-refractivity contribution in [2.45, 2.75) is 34.1 Å². The second kappa shape index (κ2) is 8.56. The van der Waals surface area contributed by atoms with E-state index in [-0.39, 0.29) is 26.7 Å². The smallest absolute Gasteiger partial charge is 0.246 e. The molecule has 2 aromatic heterocycles. The van der Waals surface area contributed by atoms with Crippen LogP contribution in [0, 0.1) is 11.8 Å². The summed E-state index contributed by atoms with van der Waals surface area (Å²) < 4.78 is 0. The van der Waals surface area contributed by atoms with E-state index in [2.05, 4.69) is 31.8 Å². The van der Waals surface area contributed by atoms with Gasteiger partial charge in [0.1, 0.15) is 5.82 Å². The summed E-state index contributed by atoms with van der Waals surface area (Å²) in [5.74, 6) is 1.38. The zero-order valence-corrected chi connectivity index (χ0v) is 15.2. The van der Waals surface area contributed by atoms with Gasteiger partial charge in [0.15, 0.2) is 6.33 Å². The first kappa shape index (κ1) is 21.4. The third-order valence-corrected chi connectivity index (χ3v) is 5.57. The number of tetrazole rings is 1. The largest absolute Gasteiger partial charge is 0.338 e. The monoisotopic (exact) mass is 409 g/mol. The minimum Gasteiger partial charge on any atom is -0.338 e. The van der Waals surface area contributed by atoms with E-state index < -0.39 is 0 Å². The van der Waals surface area contributed by atoms with Crippen LogP contribution >= 0.6 is 0 Å². The number of fused-ring (bicyclic) bond motifs is 2. The maximum atomic E-state index is 12.6. The standard InChI is InChI=1S/C19H19N7O2.2CH4/c27-17-3-2-13-5-12(8-20-19(13)23-17)1-4-18(28)25-9-14-6-16(7-15(14)10-25)26-22-11-21-24-26;;/h1,4-6,8,11,14-15H,2-3,7,9-10H2,(H,20,23,27);2*1H4/b4-1+;;/t14-,15+;;/m1../s1. The summed E-state index contributed by atoms with van der Waals surface area (Å²) in [6, 6.07) is 1.98. The number of pyridine rings is 1. The summed E-state index contributed by atoms with van der Waals surface area (Å²) in [6.45, 7) is 1.44. The van der Waals surface area contributed by atoms with Crippen molar-refractivity contribution in [3.05, 3.63) is 41.9 Å². The quantitative estimate of drug-likeness (QED) is 0.780. The van der Waals surface area contributed by atoms with Gasteiger partial charge in [0.05, 0.1) is 5.70 Å². The molecule has 0 unspecified atom stereocenters. The van der Waals surface area contributed by atoms with Crippen LogP contribution in [0.25, 0.3) is 11.8 Å². The summed E-state index contributed by atoms with van der Waals surface area (Å²) in [4.78, 5) is 31.7. The molecule has 3 aliphatic rings. The number of hydrogen-bond acceptors (Lipinski definition) is 6. The average molecular weight is 409 g/mol. The lowest BCUT2D eigenvalue weighted by molar-refractivity contribution is -0.125. The molecule has 9 nitrogen and oxygen atoms in total. The number of likely N-dealkylation sites (tertiary alicyclic amines) is 1. The Morgan fingerprint density at radius 2 is 2.10 bits per heavy atom. The number of anilines is 1. The van der Waals surface area contributed by atoms with E-state index in [0.29, 0.717) is 37.0 Å².